The van der Waals surface area contributed by atoms with Crippen LogP contribution in [0.5, 0.6) is 0 Å². The molecule has 0 N–H and O–H groups in total. The van der Waals surface area contributed by atoms with E-state index in [1.807, 2.05) is 51.1 Å². The predicted octanol–water partition coefficient (Wildman–Crippen LogP) is 2.89. The zero-order valence-electron chi connectivity index (χ0n) is 15.9. The van der Waals surface area contributed by atoms with Crippen molar-refractivity contribution in [3.05, 3.63) is 35.9 Å². The summed E-state index contributed by atoms with van der Waals surface area (Å²) >= 11 is 0. The lowest BCUT2D eigenvalue weighted by atomic mass is 10.2. The number of amides is 2. The first-order valence-electron chi connectivity index (χ1n) is 8.76. The minimum Gasteiger partial charge on any atom is -0.445 e. The number of rotatable bonds is 4. The first kappa shape index (κ1) is 20.0. The summed E-state index contributed by atoms with van der Waals surface area (Å²) in [5, 5.41) is 0. The van der Waals surface area contributed by atoms with Gasteiger partial charge in [0, 0.05) is 13.6 Å². The van der Waals surface area contributed by atoms with Crippen LogP contribution >= 0.6 is 0 Å². The summed E-state index contributed by atoms with van der Waals surface area (Å²) in [5.41, 5.74) is 0.391. The predicted molar refractivity (Wildman–Crippen MR) is 96.8 cm³/mol. The Morgan fingerprint density at radius 1 is 1.27 bits per heavy atom. The molecule has 7 heteroatoms. The lowest BCUT2D eigenvalue weighted by Crippen LogP contribution is -2.50. The Morgan fingerprint density at radius 2 is 1.96 bits per heavy atom. The van der Waals surface area contributed by atoms with Crippen LogP contribution in [0.2, 0.25) is 0 Å². The molecule has 1 atom stereocenters. The molecule has 7 nitrogen and oxygen atoms in total. The Bertz CT molecular complexity index is 600. The van der Waals surface area contributed by atoms with Crippen molar-refractivity contribution in [3.8, 4) is 0 Å². The van der Waals surface area contributed by atoms with E-state index in [9.17, 15) is 9.59 Å². The van der Waals surface area contributed by atoms with Crippen LogP contribution in [0, 0.1) is 0 Å². The van der Waals surface area contributed by atoms with Crippen LogP contribution in [0.3, 0.4) is 0 Å². The number of carbonyl (C=O) groups is 2. The fourth-order valence-electron chi connectivity index (χ4n) is 2.53. The molecule has 1 aromatic carbocycles. The lowest BCUT2D eigenvalue weighted by molar-refractivity contribution is -0.0427. The van der Waals surface area contributed by atoms with Crippen LogP contribution in [0.25, 0.3) is 0 Å². The summed E-state index contributed by atoms with van der Waals surface area (Å²) in [6.45, 7) is 7.30. The Balaban J connectivity index is 1.80. The fraction of sp³-hybridized carbons (Fsp3) is 0.579. The fourth-order valence-corrected chi connectivity index (χ4v) is 2.53. The van der Waals surface area contributed by atoms with Gasteiger partial charge in [-0.25, -0.2) is 9.59 Å². The maximum absolute atomic E-state index is 12.3. The number of benzene rings is 1. The van der Waals surface area contributed by atoms with Crippen LogP contribution in [0.1, 0.15) is 26.3 Å². The van der Waals surface area contributed by atoms with E-state index in [4.69, 9.17) is 14.2 Å². The van der Waals surface area contributed by atoms with Crippen molar-refractivity contribution in [3.63, 3.8) is 0 Å². The number of hydrogen-bond donors (Lipinski definition) is 0. The summed E-state index contributed by atoms with van der Waals surface area (Å²) in [4.78, 5) is 27.4. The molecule has 1 aliphatic rings. The van der Waals surface area contributed by atoms with Crippen molar-refractivity contribution in [2.75, 3.05) is 33.3 Å². The number of likely N-dealkylation sites (N-methyl/N-ethyl adjacent to an activating group) is 1. The average Bonchev–Trinajstić information content (AvgIpc) is 2.59. The van der Waals surface area contributed by atoms with Crippen molar-refractivity contribution in [2.24, 2.45) is 0 Å². The Morgan fingerprint density at radius 3 is 2.62 bits per heavy atom. The van der Waals surface area contributed by atoms with E-state index >= 15 is 0 Å². The molecule has 1 fully saturated rings. The molecule has 0 aliphatic carbocycles. The van der Waals surface area contributed by atoms with Crippen molar-refractivity contribution in [2.45, 2.75) is 39.1 Å². The van der Waals surface area contributed by atoms with E-state index in [1.54, 1.807) is 11.9 Å². The van der Waals surface area contributed by atoms with Crippen molar-refractivity contribution < 1.29 is 23.8 Å². The first-order chi connectivity index (χ1) is 12.2. The standard InChI is InChI=1S/C19H28N2O5/c1-19(2,3)26-17(22)20(4)12-16-13-21(10-11-24-16)18(23)25-14-15-8-6-5-7-9-15/h5-9,16H,10-14H2,1-4H3/t16-/m1/s1. The molecular weight excluding hydrogens is 336 g/mol. The topological polar surface area (TPSA) is 68.3 Å². The van der Waals surface area contributed by atoms with Crippen LogP contribution in [0.4, 0.5) is 9.59 Å². The molecule has 144 valence electrons. The normalized spacial score (nSPS) is 17.5. The van der Waals surface area contributed by atoms with Gasteiger partial charge in [0.1, 0.15) is 12.2 Å². The van der Waals surface area contributed by atoms with Crippen molar-refractivity contribution in [1.29, 1.82) is 0 Å². The minimum absolute atomic E-state index is 0.236. The largest absolute Gasteiger partial charge is 0.445 e. The van der Waals surface area contributed by atoms with Gasteiger partial charge in [0.15, 0.2) is 0 Å². The van der Waals surface area contributed by atoms with E-state index in [-0.39, 0.29) is 18.8 Å². The number of carbonyl (C=O) groups excluding carboxylic acids is 2. The quantitative estimate of drug-likeness (QED) is 0.822. The number of nitrogens with zero attached hydrogens (tertiary/aromatic N) is 2. The summed E-state index contributed by atoms with van der Waals surface area (Å²) in [7, 11) is 1.66. The third-order valence-electron chi connectivity index (χ3n) is 3.78. The molecule has 0 unspecified atom stereocenters. The number of hydrogen-bond acceptors (Lipinski definition) is 5. The lowest BCUT2D eigenvalue weighted by Gasteiger charge is -2.34. The van der Waals surface area contributed by atoms with E-state index < -0.39 is 11.7 Å². The van der Waals surface area contributed by atoms with Gasteiger partial charge in [0.05, 0.1) is 25.8 Å². The number of ether oxygens (including phenoxy) is 3. The molecule has 1 aliphatic heterocycles. The highest BCUT2D eigenvalue weighted by Gasteiger charge is 2.28. The molecule has 0 spiro atoms. The summed E-state index contributed by atoms with van der Waals surface area (Å²) < 4.78 is 16.4. The second-order valence-corrected chi connectivity index (χ2v) is 7.34. The van der Waals surface area contributed by atoms with Crippen LogP contribution < -0.4 is 0 Å². The van der Waals surface area contributed by atoms with Gasteiger partial charge in [-0.1, -0.05) is 30.3 Å². The molecule has 0 saturated carbocycles. The summed E-state index contributed by atoms with van der Waals surface area (Å²) in [5.74, 6) is 0. The molecule has 0 bridgehead atoms. The maximum Gasteiger partial charge on any atom is 0.410 e. The minimum atomic E-state index is -0.550. The average molecular weight is 364 g/mol. The molecule has 2 rings (SSSR count). The van der Waals surface area contributed by atoms with Crippen LogP contribution in [-0.4, -0.2) is 67.0 Å². The highest BCUT2D eigenvalue weighted by Crippen LogP contribution is 2.13. The highest BCUT2D eigenvalue weighted by molar-refractivity contribution is 5.68. The summed E-state index contributed by atoms with van der Waals surface area (Å²) in [6, 6.07) is 9.54. The van der Waals surface area contributed by atoms with Crippen molar-refractivity contribution >= 4 is 12.2 Å². The van der Waals surface area contributed by atoms with Gasteiger partial charge < -0.3 is 24.0 Å². The smallest absolute Gasteiger partial charge is 0.410 e. The SMILES string of the molecule is CN(C[C@@H]1CN(C(=O)OCc2ccccc2)CCO1)C(=O)OC(C)(C)C. The molecule has 0 aromatic heterocycles. The molecule has 1 aromatic rings. The zero-order chi connectivity index (χ0) is 19.2. The van der Waals surface area contributed by atoms with Crippen LogP contribution in [0.15, 0.2) is 30.3 Å². The van der Waals surface area contributed by atoms with Crippen LogP contribution in [-0.2, 0) is 20.8 Å². The molecule has 0 radical (unpaired) electrons. The van der Waals surface area contributed by atoms with Crippen molar-refractivity contribution in [1.82, 2.24) is 9.80 Å². The molecule has 1 saturated heterocycles. The Hall–Kier alpha value is -2.28. The summed E-state index contributed by atoms with van der Waals surface area (Å²) in [6.07, 6.45) is -1.06. The van der Waals surface area contributed by atoms with Gasteiger partial charge >= 0.3 is 12.2 Å². The molecule has 26 heavy (non-hydrogen) atoms. The van der Waals surface area contributed by atoms with E-state index in [1.165, 1.54) is 4.90 Å². The van der Waals surface area contributed by atoms with Gasteiger partial charge in [-0.15, -0.1) is 0 Å². The second-order valence-electron chi connectivity index (χ2n) is 7.34. The maximum atomic E-state index is 12.3. The molecular formula is C19H28N2O5. The Kier molecular flexibility index (Phi) is 6.85. The monoisotopic (exact) mass is 364 g/mol. The van der Waals surface area contributed by atoms with Gasteiger partial charge in [-0.3, -0.25) is 0 Å². The third kappa shape index (κ3) is 6.55. The third-order valence-corrected chi connectivity index (χ3v) is 3.78. The zero-order valence-corrected chi connectivity index (χ0v) is 15.9. The molecule has 1 heterocycles. The second kappa shape index (κ2) is 8.89. The van der Waals surface area contributed by atoms with E-state index in [0.717, 1.165) is 5.56 Å². The molecule has 2 amide bonds. The first-order valence-corrected chi connectivity index (χ1v) is 8.76. The Labute approximate surface area is 154 Å². The van der Waals surface area contributed by atoms with Gasteiger partial charge in [-0.2, -0.15) is 0 Å². The van der Waals surface area contributed by atoms with E-state index in [0.29, 0.717) is 26.2 Å². The van der Waals surface area contributed by atoms with Gasteiger partial charge in [0.25, 0.3) is 0 Å². The highest BCUT2D eigenvalue weighted by atomic mass is 16.6. The van der Waals surface area contributed by atoms with E-state index in [2.05, 4.69) is 0 Å². The van der Waals surface area contributed by atoms with Gasteiger partial charge in [-0.05, 0) is 26.3 Å². The van der Waals surface area contributed by atoms with Gasteiger partial charge in [0.2, 0.25) is 0 Å². The number of morpholine rings is 1.